The van der Waals surface area contributed by atoms with E-state index in [1.165, 1.54) is 11.8 Å². The van der Waals surface area contributed by atoms with Gasteiger partial charge in [0.05, 0.1) is 21.9 Å². The van der Waals surface area contributed by atoms with E-state index in [-0.39, 0.29) is 5.78 Å². The minimum Gasteiger partial charge on any atom is -0.298 e. The van der Waals surface area contributed by atoms with E-state index < -0.39 is 5.41 Å². The molecule has 27 heavy (non-hydrogen) atoms. The van der Waals surface area contributed by atoms with Crippen LogP contribution in [0.3, 0.4) is 0 Å². The van der Waals surface area contributed by atoms with E-state index in [0.29, 0.717) is 16.3 Å². The summed E-state index contributed by atoms with van der Waals surface area (Å²) in [6.45, 7) is 5.73. The van der Waals surface area contributed by atoms with Crippen molar-refractivity contribution in [2.45, 2.75) is 25.8 Å². The standard InChI is InChI=1S/C22H20N2OS2/c1-22(2,3)20(25)14-27-21-17(13-23)16(15-8-5-4-6-9-15)12-18(24-21)19-10-7-11-26-19/h4-12H,14H2,1-3H3. The van der Waals surface area contributed by atoms with Crippen LogP contribution < -0.4 is 0 Å². The molecular weight excluding hydrogens is 372 g/mol. The van der Waals surface area contributed by atoms with Crippen molar-refractivity contribution in [1.82, 2.24) is 4.98 Å². The lowest BCUT2D eigenvalue weighted by Crippen LogP contribution is -2.22. The van der Waals surface area contributed by atoms with Crippen LogP contribution in [0.5, 0.6) is 0 Å². The first-order valence-corrected chi connectivity index (χ1v) is 10.5. The number of ketones is 1. The van der Waals surface area contributed by atoms with E-state index in [9.17, 15) is 10.1 Å². The van der Waals surface area contributed by atoms with Gasteiger partial charge in [0.25, 0.3) is 0 Å². The first-order chi connectivity index (χ1) is 12.9. The number of carbonyl (C=O) groups is 1. The molecule has 0 fully saturated rings. The molecule has 2 aromatic heterocycles. The Kier molecular flexibility index (Phi) is 5.79. The molecule has 0 N–H and O–H groups in total. The number of Topliss-reactive ketones (excluding diaryl/α,β-unsaturated/α-hetero) is 1. The van der Waals surface area contributed by atoms with Crippen LogP contribution in [0.4, 0.5) is 0 Å². The Morgan fingerprint density at radius 1 is 1.19 bits per heavy atom. The van der Waals surface area contributed by atoms with Crippen molar-refractivity contribution in [2.24, 2.45) is 5.41 Å². The monoisotopic (exact) mass is 392 g/mol. The molecule has 0 radical (unpaired) electrons. The van der Waals surface area contributed by atoms with Gasteiger partial charge >= 0.3 is 0 Å². The Morgan fingerprint density at radius 3 is 2.52 bits per heavy atom. The third-order valence-corrected chi connectivity index (χ3v) is 6.00. The minimum atomic E-state index is -0.409. The summed E-state index contributed by atoms with van der Waals surface area (Å²) in [6.07, 6.45) is 0. The van der Waals surface area contributed by atoms with E-state index in [4.69, 9.17) is 4.98 Å². The normalized spacial score (nSPS) is 11.2. The Bertz CT molecular complexity index is 982. The third kappa shape index (κ3) is 4.47. The van der Waals surface area contributed by atoms with E-state index >= 15 is 0 Å². The van der Waals surface area contributed by atoms with Gasteiger partial charge < -0.3 is 0 Å². The van der Waals surface area contributed by atoms with Gasteiger partial charge in [-0.1, -0.05) is 68.9 Å². The smallest absolute Gasteiger partial charge is 0.148 e. The van der Waals surface area contributed by atoms with Crippen LogP contribution >= 0.6 is 23.1 Å². The lowest BCUT2D eigenvalue weighted by molar-refractivity contribution is -0.123. The molecule has 3 aromatic rings. The summed E-state index contributed by atoms with van der Waals surface area (Å²) in [5.41, 5.74) is 2.76. The second-order valence-corrected chi connectivity index (χ2v) is 9.06. The van der Waals surface area contributed by atoms with Crippen LogP contribution in [0.25, 0.3) is 21.7 Å². The number of carbonyl (C=O) groups excluding carboxylic acids is 1. The molecule has 1 aromatic carbocycles. The number of pyridine rings is 1. The summed E-state index contributed by atoms with van der Waals surface area (Å²) >= 11 is 2.96. The molecule has 136 valence electrons. The highest BCUT2D eigenvalue weighted by molar-refractivity contribution is 8.00. The van der Waals surface area contributed by atoms with Crippen molar-refractivity contribution in [2.75, 3.05) is 5.75 Å². The maximum Gasteiger partial charge on any atom is 0.148 e. The van der Waals surface area contributed by atoms with E-state index in [2.05, 4.69) is 6.07 Å². The Balaban J connectivity index is 2.09. The van der Waals surface area contributed by atoms with Crippen molar-refractivity contribution in [3.05, 3.63) is 59.5 Å². The van der Waals surface area contributed by atoms with Crippen LogP contribution in [0, 0.1) is 16.7 Å². The van der Waals surface area contributed by atoms with Gasteiger partial charge in [0.1, 0.15) is 16.9 Å². The van der Waals surface area contributed by atoms with Gasteiger partial charge in [0.2, 0.25) is 0 Å². The highest BCUT2D eigenvalue weighted by atomic mass is 32.2. The summed E-state index contributed by atoms with van der Waals surface area (Å²) in [6, 6.07) is 18.1. The first-order valence-electron chi connectivity index (χ1n) is 8.60. The molecule has 0 aliphatic heterocycles. The fourth-order valence-electron chi connectivity index (χ4n) is 2.48. The molecule has 5 heteroatoms. The highest BCUT2D eigenvalue weighted by Crippen LogP contribution is 2.35. The van der Waals surface area contributed by atoms with Gasteiger partial charge in [-0.3, -0.25) is 4.79 Å². The molecule has 0 amide bonds. The molecule has 3 nitrogen and oxygen atoms in total. The molecule has 0 saturated carbocycles. The number of thioether (sulfide) groups is 1. The number of rotatable bonds is 5. The van der Waals surface area contributed by atoms with Crippen LogP contribution in [-0.2, 0) is 4.79 Å². The zero-order valence-corrected chi connectivity index (χ0v) is 17.2. The van der Waals surface area contributed by atoms with Crippen molar-refractivity contribution >= 4 is 28.9 Å². The van der Waals surface area contributed by atoms with Crippen molar-refractivity contribution in [3.8, 4) is 27.8 Å². The molecule has 0 saturated heterocycles. The average Bonchev–Trinajstić information content (AvgIpc) is 3.20. The van der Waals surface area contributed by atoms with Crippen LogP contribution in [-0.4, -0.2) is 16.5 Å². The van der Waals surface area contributed by atoms with Crippen molar-refractivity contribution in [3.63, 3.8) is 0 Å². The lowest BCUT2D eigenvalue weighted by atomic mass is 9.92. The molecule has 0 atom stereocenters. The van der Waals surface area contributed by atoms with Crippen molar-refractivity contribution < 1.29 is 4.79 Å². The number of nitrogens with zero attached hydrogens (tertiary/aromatic N) is 2. The molecule has 0 aliphatic carbocycles. The summed E-state index contributed by atoms with van der Waals surface area (Å²) in [5, 5.41) is 12.4. The summed E-state index contributed by atoms with van der Waals surface area (Å²) in [7, 11) is 0. The predicted molar refractivity (Wildman–Crippen MR) is 113 cm³/mol. The molecule has 2 heterocycles. The molecule has 0 aliphatic rings. The van der Waals surface area contributed by atoms with E-state index in [0.717, 1.165) is 21.7 Å². The second-order valence-electron chi connectivity index (χ2n) is 7.15. The van der Waals surface area contributed by atoms with Gasteiger partial charge in [-0.05, 0) is 23.1 Å². The average molecular weight is 393 g/mol. The SMILES string of the molecule is CC(C)(C)C(=O)CSc1nc(-c2cccs2)cc(-c2ccccc2)c1C#N. The van der Waals surface area contributed by atoms with Crippen molar-refractivity contribution in [1.29, 1.82) is 5.26 Å². The number of aromatic nitrogens is 1. The zero-order valence-electron chi connectivity index (χ0n) is 15.5. The summed E-state index contributed by atoms with van der Waals surface area (Å²) in [4.78, 5) is 18.1. The largest absolute Gasteiger partial charge is 0.298 e. The number of hydrogen-bond donors (Lipinski definition) is 0. The van der Waals surface area contributed by atoms with Crippen LogP contribution in [0.1, 0.15) is 26.3 Å². The number of nitriles is 1. The third-order valence-electron chi connectivity index (χ3n) is 4.13. The highest BCUT2D eigenvalue weighted by Gasteiger charge is 2.23. The van der Waals surface area contributed by atoms with E-state index in [1.807, 2.05) is 74.7 Å². The Hall–Kier alpha value is -2.42. The number of hydrogen-bond acceptors (Lipinski definition) is 5. The minimum absolute atomic E-state index is 0.140. The zero-order chi connectivity index (χ0) is 19.4. The Morgan fingerprint density at radius 2 is 1.93 bits per heavy atom. The maximum atomic E-state index is 12.4. The molecule has 3 rings (SSSR count). The summed E-state index contributed by atoms with van der Waals surface area (Å²) in [5.74, 6) is 0.439. The molecule has 0 spiro atoms. The molecule has 0 unspecified atom stereocenters. The topological polar surface area (TPSA) is 53.8 Å². The van der Waals surface area contributed by atoms with Gasteiger partial charge in [-0.15, -0.1) is 11.3 Å². The van der Waals surface area contributed by atoms with Gasteiger partial charge in [0, 0.05) is 11.0 Å². The quantitative estimate of drug-likeness (QED) is 0.496. The van der Waals surface area contributed by atoms with Gasteiger partial charge in [-0.2, -0.15) is 5.26 Å². The second kappa shape index (κ2) is 8.08. The lowest BCUT2D eigenvalue weighted by Gasteiger charge is -2.17. The predicted octanol–water partition coefficient (Wildman–Crippen LogP) is 6.06. The molecular formula is C22H20N2OS2. The first kappa shape index (κ1) is 19.3. The van der Waals surface area contributed by atoms with Crippen LogP contribution in [0.15, 0.2) is 58.9 Å². The number of benzene rings is 1. The van der Waals surface area contributed by atoms with Crippen LogP contribution in [0.2, 0.25) is 0 Å². The number of thiophene rings is 1. The fraction of sp³-hybridized carbons (Fsp3) is 0.227. The maximum absolute atomic E-state index is 12.4. The summed E-state index contributed by atoms with van der Waals surface area (Å²) < 4.78 is 0. The molecule has 0 bridgehead atoms. The van der Waals surface area contributed by atoms with E-state index in [1.54, 1.807) is 11.3 Å². The Labute approximate surface area is 168 Å². The van der Waals surface area contributed by atoms with Gasteiger partial charge in [-0.25, -0.2) is 4.98 Å². The fourth-order valence-corrected chi connectivity index (χ4v) is 4.33. The van der Waals surface area contributed by atoms with Gasteiger partial charge in [0.15, 0.2) is 0 Å².